The van der Waals surface area contributed by atoms with Crippen molar-refractivity contribution in [3.63, 3.8) is 0 Å². The molecule has 0 radical (unpaired) electrons. The summed E-state index contributed by atoms with van der Waals surface area (Å²) < 4.78 is 0. The van der Waals surface area contributed by atoms with Crippen molar-refractivity contribution in [2.75, 3.05) is 6.54 Å². The summed E-state index contributed by atoms with van der Waals surface area (Å²) in [5.74, 6) is -0.0236. The van der Waals surface area contributed by atoms with Gasteiger partial charge >= 0.3 is 0 Å². The Balaban J connectivity index is 1.90. The third kappa shape index (κ3) is 4.06. The number of nitrogens with zero attached hydrogens (tertiary/aromatic N) is 1. The van der Waals surface area contributed by atoms with Crippen molar-refractivity contribution in [3.8, 4) is 0 Å². The molecule has 1 aliphatic rings. The first kappa shape index (κ1) is 15.5. The second-order valence-electron chi connectivity index (χ2n) is 5.67. The van der Waals surface area contributed by atoms with Crippen molar-refractivity contribution >= 4 is 11.8 Å². The molecule has 1 atom stereocenters. The Morgan fingerprint density at radius 2 is 2.00 bits per heavy atom. The molecule has 0 unspecified atom stereocenters. The van der Waals surface area contributed by atoms with Gasteiger partial charge in [-0.15, -0.1) is 0 Å². The zero-order valence-corrected chi connectivity index (χ0v) is 12.9. The minimum absolute atomic E-state index is 0.00866. The van der Waals surface area contributed by atoms with E-state index in [-0.39, 0.29) is 11.8 Å². The molecular formula is C17H24N2O2. The van der Waals surface area contributed by atoms with Crippen LogP contribution < -0.4 is 5.32 Å². The van der Waals surface area contributed by atoms with Crippen LogP contribution in [0.25, 0.3) is 0 Å². The zero-order chi connectivity index (χ0) is 15.2. The molecule has 0 saturated heterocycles. The van der Waals surface area contributed by atoms with E-state index >= 15 is 0 Å². The highest BCUT2D eigenvalue weighted by molar-refractivity contribution is 5.87. The summed E-state index contributed by atoms with van der Waals surface area (Å²) in [7, 11) is 0. The molecule has 21 heavy (non-hydrogen) atoms. The Bertz CT molecular complexity index is 513. The molecule has 1 aromatic rings. The zero-order valence-electron chi connectivity index (χ0n) is 12.9. The van der Waals surface area contributed by atoms with Crippen LogP contribution in [0.15, 0.2) is 24.3 Å². The first-order valence-electron chi connectivity index (χ1n) is 7.76. The van der Waals surface area contributed by atoms with Crippen LogP contribution in [0.1, 0.15) is 44.2 Å². The Morgan fingerprint density at radius 1 is 1.29 bits per heavy atom. The molecule has 2 amide bonds. The smallest absolute Gasteiger partial charge is 0.245 e. The highest BCUT2D eigenvalue weighted by atomic mass is 16.2. The number of carbonyl (C=O) groups excluding carboxylic acids is 2. The molecule has 1 heterocycles. The van der Waals surface area contributed by atoms with Crippen LogP contribution in [0, 0.1) is 0 Å². The summed E-state index contributed by atoms with van der Waals surface area (Å²) in [5, 5.41) is 2.81. The van der Waals surface area contributed by atoms with Gasteiger partial charge in [0.25, 0.3) is 0 Å². The molecular weight excluding hydrogens is 264 g/mol. The number of hydrogen-bond acceptors (Lipinski definition) is 2. The largest absolute Gasteiger partial charge is 0.345 e. The maximum atomic E-state index is 12.4. The second-order valence-corrected chi connectivity index (χ2v) is 5.67. The van der Waals surface area contributed by atoms with Gasteiger partial charge in [-0.05, 0) is 30.9 Å². The Kier molecular flexibility index (Phi) is 5.37. The molecule has 4 nitrogen and oxygen atoms in total. The lowest BCUT2D eigenvalue weighted by Gasteiger charge is -2.31. The lowest BCUT2D eigenvalue weighted by molar-refractivity contribution is -0.136. The molecule has 0 fully saturated rings. The fourth-order valence-corrected chi connectivity index (χ4v) is 2.67. The van der Waals surface area contributed by atoms with Gasteiger partial charge < -0.3 is 10.2 Å². The maximum Gasteiger partial charge on any atom is 0.245 e. The van der Waals surface area contributed by atoms with E-state index in [1.807, 2.05) is 24.0 Å². The number of amides is 2. The molecule has 0 saturated carbocycles. The van der Waals surface area contributed by atoms with E-state index in [2.05, 4.69) is 17.4 Å². The van der Waals surface area contributed by atoms with E-state index in [4.69, 9.17) is 0 Å². The van der Waals surface area contributed by atoms with E-state index < -0.39 is 6.04 Å². The number of fused-ring (bicyclic) bond motifs is 1. The van der Waals surface area contributed by atoms with Crippen LogP contribution in [0.3, 0.4) is 0 Å². The number of rotatable bonds is 5. The van der Waals surface area contributed by atoms with Gasteiger partial charge in [-0.1, -0.05) is 37.6 Å². The Hall–Kier alpha value is -1.84. The number of hydrogen-bond donors (Lipinski definition) is 1. The lowest BCUT2D eigenvalue weighted by atomic mass is 9.99. The van der Waals surface area contributed by atoms with E-state index in [1.165, 1.54) is 11.1 Å². The third-order valence-corrected chi connectivity index (χ3v) is 3.95. The highest BCUT2D eigenvalue weighted by Gasteiger charge is 2.25. The highest BCUT2D eigenvalue weighted by Crippen LogP contribution is 2.19. The Morgan fingerprint density at radius 3 is 2.71 bits per heavy atom. The van der Waals surface area contributed by atoms with Gasteiger partial charge in [-0.2, -0.15) is 0 Å². The summed E-state index contributed by atoms with van der Waals surface area (Å²) >= 11 is 0. The van der Waals surface area contributed by atoms with Gasteiger partial charge in [0.2, 0.25) is 11.8 Å². The van der Waals surface area contributed by atoms with Crippen molar-refractivity contribution in [3.05, 3.63) is 35.4 Å². The van der Waals surface area contributed by atoms with Crippen LogP contribution >= 0.6 is 0 Å². The molecule has 0 aromatic heterocycles. The van der Waals surface area contributed by atoms with Gasteiger partial charge in [-0.3, -0.25) is 9.59 Å². The standard InChI is InChI=1S/C17H24N2O2/c1-3-4-9-16(20)18-13(2)17(21)19-11-10-14-7-5-6-8-15(14)12-19/h5-8,13H,3-4,9-12H2,1-2H3,(H,18,20)/t13-/m0/s1. The minimum Gasteiger partial charge on any atom is -0.345 e. The van der Waals surface area contributed by atoms with Crippen molar-refractivity contribution in [2.45, 2.75) is 52.1 Å². The number of benzene rings is 1. The van der Waals surface area contributed by atoms with Gasteiger partial charge in [0.05, 0.1) is 0 Å². The van der Waals surface area contributed by atoms with Crippen LogP contribution in [0.5, 0.6) is 0 Å². The van der Waals surface area contributed by atoms with Crippen LogP contribution in [0.4, 0.5) is 0 Å². The number of nitrogens with one attached hydrogen (secondary N) is 1. The number of unbranched alkanes of at least 4 members (excludes halogenated alkanes) is 1. The summed E-state index contributed by atoms with van der Waals surface area (Å²) in [6, 6.07) is 7.78. The quantitative estimate of drug-likeness (QED) is 0.903. The molecule has 1 aliphatic heterocycles. The lowest BCUT2D eigenvalue weighted by Crippen LogP contribution is -2.48. The predicted molar refractivity (Wildman–Crippen MR) is 82.7 cm³/mol. The maximum absolute atomic E-state index is 12.4. The topological polar surface area (TPSA) is 49.4 Å². The van der Waals surface area contributed by atoms with Crippen LogP contribution in [-0.2, 0) is 22.6 Å². The first-order valence-corrected chi connectivity index (χ1v) is 7.76. The van der Waals surface area contributed by atoms with Crippen molar-refractivity contribution < 1.29 is 9.59 Å². The molecule has 114 valence electrons. The summed E-state index contributed by atoms with van der Waals surface area (Å²) in [4.78, 5) is 26.0. The minimum atomic E-state index is -0.445. The summed E-state index contributed by atoms with van der Waals surface area (Å²) in [5.41, 5.74) is 2.53. The van der Waals surface area contributed by atoms with E-state index in [0.717, 1.165) is 25.8 Å². The van der Waals surface area contributed by atoms with Gasteiger partial charge in [0, 0.05) is 19.5 Å². The molecule has 1 N–H and O–H groups in total. The molecule has 0 aliphatic carbocycles. The normalized spacial score (nSPS) is 15.2. The summed E-state index contributed by atoms with van der Waals surface area (Å²) in [6.45, 7) is 5.19. The molecule has 1 aromatic carbocycles. The van der Waals surface area contributed by atoms with E-state index in [0.29, 0.717) is 13.0 Å². The van der Waals surface area contributed by atoms with Crippen molar-refractivity contribution in [1.82, 2.24) is 10.2 Å². The number of carbonyl (C=O) groups is 2. The fraction of sp³-hybridized carbons (Fsp3) is 0.529. The average Bonchev–Trinajstić information content (AvgIpc) is 2.51. The van der Waals surface area contributed by atoms with Gasteiger partial charge in [0.15, 0.2) is 0 Å². The molecule has 0 bridgehead atoms. The first-order chi connectivity index (χ1) is 10.1. The third-order valence-electron chi connectivity index (χ3n) is 3.95. The van der Waals surface area contributed by atoms with Crippen LogP contribution in [-0.4, -0.2) is 29.3 Å². The monoisotopic (exact) mass is 288 g/mol. The predicted octanol–water partition coefficient (Wildman–Crippen LogP) is 2.27. The van der Waals surface area contributed by atoms with E-state index in [1.54, 1.807) is 6.92 Å². The van der Waals surface area contributed by atoms with Gasteiger partial charge in [-0.25, -0.2) is 0 Å². The van der Waals surface area contributed by atoms with Crippen molar-refractivity contribution in [2.24, 2.45) is 0 Å². The summed E-state index contributed by atoms with van der Waals surface area (Å²) in [6.07, 6.45) is 3.23. The molecule has 0 spiro atoms. The van der Waals surface area contributed by atoms with E-state index in [9.17, 15) is 9.59 Å². The van der Waals surface area contributed by atoms with Crippen LogP contribution in [0.2, 0.25) is 0 Å². The SMILES string of the molecule is CCCCC(=O)N[C@@H](C)C(=O)N1CCc2ccccc2C1. The molecule has 4 heteroatoms. The molecule has 2 rings (SSSR count). The van der Waals surface area contributed by atoms with Gasteiger partial charge in [0.1, 0.15) is 6.04 Å². The fourth-order valence-electron chi connectivity index (χ4n) is 2.67. The van der Waals surface area contributed by atoms with Crippen molar-refractivity contribution in [1.29, 1.82) is 0 Å². The second kappa shape index (κ2) is 7.25. The average molecular weight is 288 g/mol. The Labute approximate surface area is 126 Å².